The quantitative estimate of drug-likeness (QED) is 0.775. The Labute approximate surface area is 125 Å². The van der Waals surface area contributed by atoms with E-state index < -0.39 is 0 Å². The summed E-state index contributed by atoms with van der Waals surface area (Å²) in [5.41, 5.74) is 1.46. The van der Waals surface area contributed by atoms with Crippen molar-refractivity contribution in [3.05, 3.63) is 58.1 Å². The van der Waals surface area contributed by atoms with Gasteiger partial charge in [0.25, 0.3) is 0 Å². The van der Waals surface area contributed by atoms with Gasteiger partial charge in [-0.1, -0.05) is 28.1 Å². The molecule has 0 aromatic heterocycles. The van der Waals surface area contributed by atoms with Crippen molar-refractivity contribution in [2.75, 3.05) is 0 Å². The van der Waals surface area contributed by atoms with Gasteiger partial charge in [-0.05, 0) is 42.8 Å². The van der Waals surface area contributed by atoms with E-state index >= 15 is 0 Å². The van der Waals surface area contributed by atoms with Gasteiger partial charge in [0.1, 0.15) is 11.5 Å². The molecule has 2 rings (SSSR count). The van der Waals surface area contributed by atoms with Crippen LogP contribution in [-0.4, -0.2) is 5.78 Å². The van der Waals surface area contributed by atoms with Crippen LogP contribution in [0.5, 0.6) is 11.5 Å². The van der Waals surface area contributed by atoms with E-state index in [0.717, 1.165) is 10.0 Å². The second kappa shape index (κ2) is 6.36. The standard InChI is InChI=1S/C16H12BrNO2/c1-11(19)15-10-13(17)4-7-16(15)20-14-5-2-12(3-6-14)8-9-18/h2-7,10H,8H2,1H3. The van der Waals surface area contributed by atoms with Crippen LogP contribution in [0.4, 0.5) is 0 Å². The minimum atomic E-state index is -0.0533. The molecule has 100 valence electrons. The first kappa shape index (κ1) is 14.3. The third-order valence-electron chi connectivity index (χ3n) is 2.76. The van der Waals surface area contributed by atoms with Gasteiger partial charge in [-0.3, -0.25) is 4.79 Å². The molecule has 3 nitrogen and oxygen atoms in total. The minimum absolute atomic E-state index is 0.0533. The molecule has 0 saturated carbocycles. The van der Waals surface area contributed by atoms with Crippen molar-refractivity contribution in [2.45, 2.75) is 13.3 Å². The maximum absolute atomic E-state index is 11.6. The number of carbonyl (C=O) groups is 1. The van der Waals surface area contributed by atoms with Crippen LogP contribution in [0.3, 0.4) is 0 Å². The molecule has 2 aromatic rings. The Hall–Kier alpha value is -2.12. The van der Waals surface area contributed by atoms with Crippen LogP contribution in [0.2, 0.25) is 0 Å². The fourth-order valence-corrected chi connectivity index (χ4v) is 2.12. The average Bonchev–Trinajstić information content (AvgIpc) is 2.43. The highest BCUT2D eigenvalue weighted by Crippen LogP contribution is 2.28. The Morgan fingerprint density at radius 1 is 1.25 bits per heavy atom. The Bertz CT molecular complexity index is 672. The summed E-state index contributed by atoms with van der Waals surface area (Å²) >= 11 is 3.34. The molecule has 0 unspecified atom stereocenters. The fraction of sp³-hybridized carbons (Fsp3) is 0.125. The molecule has 0 aliphatic heterocycles. The molecule has 0 N–H and O–H groups in total. The minimum Gasteiger partial charge on any atom is -0.457 e. The number of rotatable bonds is 4. The molecule has 0 aliphatic carbocycles. The van der Waals surface area contributed by atoms with E-state index in [9.17, 15) is 4.79 Å². The number of ketones is 1. The summed E-state index contributed by atoms with van der Waals surface area (Å²) in [7, 11) is 0. The smallest absolute Gasteiger partial charge is 0.163 e. The summed E-state index contributed by atoms with van der Waals surface area (Å²) in [5.74, 6) is 1.10. The van der Waals surface area contributed by atoms with Gasteiger partial charge in [0, 0.05) is 4.47 Å². The van der Waals surface area contributed by atoms with E-state index in [1.165, 1.54) is 6.92 Å². The molecular formula is C16H12BrNO2. The topological polar surface area (TPSA) is 50.1 Å². The summed E-state index contributed by atoms with van der Waals surface area (Å²) in [4.78, 5) is 11.6. The Balaban J connectivity index is 2.26. The summed E-state index contributed by atoms with van der Waals surface area (Å²) < 4.78 is 6.57. The van der Waals surface area contributed by atoms with Crippen LogP contribution < -0.4 is 4.74 Å². The Kier molecular flexibility index (Phi) is 4.54. The predicted molar refractivity (Wildman–Crippen MR) is 80.0 cm³/mol. The van der Waals surface area contributed by atoms with Crippen LogP contribution in [-0.2, 0) is 6.42 Å². The highest BCUT2D eigenvalue weighted by molar-refractivity contribution is 9.10. The van der Waals surface area contributed by atoms with Crippen molar-refractivity contribution in [3.8, 4) is 17.6 Å². The Morgan fingerprint density at radius 2 is 1.95 bits per heavy atom. The lowest BCUT2D eigenvalue weighted by atomic mass is 10.1. The van der Waals surface area contributed by atoms with Crippen molar-refractivity contribution in [1.29, 1.82) is 5.26 Å². The van der Waals surface area contributed by atoms with E-state index in [0.29, 0.717) is 23.5 Å². The fourth-order valence-electron chi connectivity index (χ4n) is 1.76. The number of nitrogens with zero attached hydrogens (tertiary/aromatic N) is 1. The molecule has 0 amide bonds. The van der Waals surface area contributed by atoms with Gasteiger partial charge >= 0.3 is 0 Å². The largest absolute Gasteiger partial charge is 0.457 e. The first-order valence-corrected chi connectivity index (χ1v) is 6.83. The SMILES string of the molecule is CC(=O)c1cc(Br)ccc1Oc1ccc(CC#N)cc1. The second-order valence-corrected chi connectivity index (χ2v) is 5.19. The second-order valence-electron chi connectivity index (χ2n) is 4.28. The monoisotopic (exact) mass is 329 g/mol. The average molecular weight is 330 g/mol. The summed E-state index contributed by atoms with van der Waals surface area (Å²) in [5, 5.41) is 8.62. The number of halogens is 1. The maximum atomic E-state index is 11.6. The normalized spacial score (nSPS) is 9.85. The predicted octanol–water partition coefficient (Wildman–Crippen LogP) is 4.51. The van der Waals surface area contributed by atoms with Crippen molar-refractivity contribution >= 4 is 21.7 Å². The summed E-state index contributed by atoms with van der Waals surface area (Å²) in [6.45, 7) is 1.50. The maximum Gasteiger partial charge on any atom is 0.163 e. The molecule has 0 radical (unpaired) electrons. The van der Waals surface area contributed by atoms with E-state index in [1.54, 1.807) is 24.3 Å². The molecule has 4 heteroatoms. The lowest BCUT2D eigenvalue weighted by Crippen LogP contribution is -1.97. The summed E-state index contributed by atoms with van der Waals surface area (Å²) in [6, 6.07) is 14.7. The van der Waals surface area contributed by atoms with Crippen LogP contribution in [0.15, 0.2) is 46.9 Å². The molecule has 0 bridgehead atoms. The van der Waals surface area contributed by atoms with E-state index in [1.807, 2.05) is 18.2 Å². The van der Waals surface area contributed by atoms with Gasteiger partial charge in [-0.25, -0.2) is 0 Å². The molecule has 0 spiro atoms. The number of hydrogen-bond acceptors (Lipinski definition) is 3. The van der Waals surface area contributed by atoms with Gasteiger partial charge in [-0.2, -0.15) is 5.26 Å². The number of carbonyl (C=O) groups excluding carboxylic acids is 1. The number of Topliss-reactive ketones (excluding diaryl/α,β-unsaturated/α-hetero) is 1. The third kappa shape index (κ3) is 3.46. The lowest BCUT2D eigenvalue weighted by Gasteiger charge is -2.10. The van der Waals surface area contributed by atoms with Gasteiger partial charge in [-0.15, -0.1) is 0 Å². The molecule has 20 heavy (non-hydrogen) atoms. The van der Waals surface area contributed by atoms with Gasteiger partial charge < -0.3 is 4.74 Å². The number of ether oxygens (including phenoxy) is 1. The Morgan fingerprint density at radius 3 is 2.55 bits per heavy atom. The van der Waals surface area contributed by atoms with Gasteiger partial charge in [0.15, 0.2) is 5.78 Å². The van der Waals surface area contributed by atoms with Crippen LogP contribution >= 0.6 is 15.9 Å². The van der Waals surface area contributed by atoms with Crippen LogP contribution in [0, 0.1) is 11.3 Å². The molecule has 0 heterocycles. The zero-order valence-electron chi connectivity index (χ0n) is 10.9. The summed E-state index contributed by atoms with van der Waals surface area (Å²) in [6.07, 6.45) is 0.372. The van der Waals surface area contributed by atoms with E-state index in [-0.39, 0.29) is 5.78 Å². The molecule has 0 atom stereocenters. The molecule has 0 fully saturated rings. The number of benzene rings is 2. The number of nitriles is 1. The molecule has 0 saturated heterocycles. The molecule has 2 aromatic carbocycles. The highest BCUT2D eigenvalue weighted by Gasteiger charge is 2.10. The number of hydrogen-bond donors (Lipinski definition) is 0. The van der Waals surface area contributed by atoms with Gasteiger partial charge in [0.2, 0.25) is 0 Å². The lowest BCUT2D eigenvalue weighted by molar-refractivity contribution is 0.101. The van der Waals surface area contributed by atoms with Crippen molar-refractivity contribution < 1.29 is 9.53 Å². The van der Waals surface area contributed by atoms with E-state index in [4.69, 9.17) is 10.00 Å². The highest BCUT2D eigenvalue weighted by atomic mass is 79.9. The van der Waals surface area contributed by atoms with Crippen molar-refractivity contribution in [2.24, 2.45) is 0 Å². The van der Waals surface area contributed by atoms with Gasteiger partial charge in [0.05, 0.1) is 18.1 Å². The molecule has 0 aliphatic rings. The molecular weight excluding hydrogens is 318 g/mol. The first-order valence-electron chi connectivity index (χ1n) is 6.04. The third-order valence-corrected chi connectivity index (χ3v) is 3.25. The van der Waals surface area contributed by atoms with E-state index in [2.05, 4.69) is 22.0 Å². The zero-order chi connectivity index (χ0) is 14.5. The first-order chi connectivity index (χ1) is 9.60. The van der Waals surface area contributed by atoms with Crippen molar-refractivity contribution in [3.63, 3.8) is 0 Å². The van der Waals surface area contributed by atoms with Crippen LogP contribution in [0.1, 0.15) is 22.8 Å². The zero-order valence-corrected chi connectivity index (χ0v) is 12.5. The van der Waals surface area contributed by atoms with Crippen LogP contribution in [0.25, 0.3) is 0 Å². The van der Waals surface area contributed by atoms with Crippen molar-refractivity contribution in [1.82, 2.24) is 0 Å².